The number of aliphatic hydroxyl groups is 1. The molecule has 1 aromatic rings. The third-order valence-electron chi connectivity index (χ3n) is 1.99. The van der Waals surface area contributed by atoms with Crippen molar-refractivity contribution in [2.75, 3.05) is 13.7 Å². The van der Waals surface area contributed by atoms with Crippen molar-refractivity contribution in [1.29, 1.82) is 0 Å². The Hall–Kier alpha value is -1.03. The Balaban J connectivity index is 2.99. The molecule has 13 heavy (non-hydrogen) atoms. The molecular weight excluding hydrogens is 168 g/mol. The first kappa shape index (κ1) is 10.1. The summed E-state index contributed by atoms with van der Waals surface area (Å²) in [6, 6.07) is 0. The number of nitrogens with one attached hydrogen (secondary N) is 1. The summed E-state index contributed by atoms with van der Waals surface area (Å²) >= 11 is 0. The molecule has 0 spiro atoms. The van der Waals surface area contributed by atoms with Crippen LogP contribution in [0.25, 0.3) is 0 Å². The number of hydrogen-bond acceptors (Lipinski definition) is 3. The third-order valence-corrected chi connectivity index (χ3v) is 1.99. The van der Waals surface area contributed by atoms with Gasteiger partial charge >= 0.3 is 0 Å². The van der Waals surface area contributed by atoms with E-state index >= 15 is 0 Å². The first-order valence-corrected chi connectivity index (χ1v) is 4.42. The third kappa shape index (κ3) is 2.01. The molecule has 2 N–H and O–H groups in total. The van der Waals surface area contributed by atoms with E-state index in [1.54, 1.807) is 7.11 Å². The van der Waals surface area contributed by atoms with Crippen molar-refractivity contribution in [2.45, 2.75) is 26.2 Å². The van der Waals surface area contributed by atoms with Gasteiger partial charge < -0.3 is 9.84 Å². The van der Waals surface area contributed by atoms with Gasteiger partial charge in [0.1, 0.15) is 0 Å². The maximum Gasteiger partial charge on any atom is 0.235 e. The molecule has 1 aromatic heterocycles. The van der Waals surface area contributed by atoms with Crippen LogP contribution in [0.5, 0.6) is 5.88 Å². The number of hydrogen-bond donors (Lipinski definition) is 2. The van der Waals surface area contributed by atoms with Gasteiger partial charge in [0, 0.05) is 24.3 Å². The van der Waals surface area contributed by atoms with Gasteiger partial charge in [0.05, 0.1) is 7.11 Å². The van der Waals surface area contributed by atoms with Crippen molar-refractivity contribution < 1.29 is 9.84 Å². The smallest absolute Gasteiger partial charge is 0.235 e. The van der Waals surface area contributed by atoms with E-state index in [1.807, 2.05) is 0 Å². The molecule has 0 aliphatic heterocycles. The second-order valence-electron chi connectivity index (χ2n) is 3.25. The van der Waals surface area contributed by atoms with Gasteiger partial charge in [-0.15, -0.1) is 5.10 Å². The molecule has 0 aliphatic rings. The zero-order valence-corrected chi connectivity index (χ0v) is 8.29. The molecule has 0 aromatic carbocycles. The first-order valence-electron chi connectivity index (χ1n) is 4.42. The molecule has 0 aliphatic carbocycles. The Morgan fingerprint density at radius 1 is 1.54 bits per heavy atom. The van der Waals surface area contributed by atoms with Crippen LogP contribution in [-0.4, -0.2) is 29.0 Å². The monoisotopic (exact) mass is 184 g/mol. The Bertz CT molecular complexity index is 269. The number of aromatic nitrogens is 2. The fourth-order valence-corrected chi connectivity index (χ4v) is 1.36. The lowest BCUT2D eigenvalue weighted by Gasteiger charge is -2.05. The molecule has 4 nitrogen and oxygen atoms in total. The highest BCUT2D eigenvalue weighted by Gasteiger charge is 2.15. The molecule has 0 saturated carbocycles. The van der Waals surface area contributed by atoms with Gasteiger partial charge in [-0.25, -0.2) is 0 Å². The van der Waals surface area contributed by atoms with Crippen LogP contribution < -0.4 is 4.74 Å². The highest BCUT2D eigenvalue weighted by Crippen LogP contribution is 2.24. The average molecular weight is 184 g/mol. The molecule has 4 heteroatoms. The summed E-state index contributed by atoms with van der Waals surface area (Å²) < 4.78 is 5.08. The summed E-state index contributed by atoms with van der Waals surface area (Å²) in [4.78, 5) is 0. The van der Waals surface area contributed by atoms with Crippen molar-refractivity contribution in [2.24, 2.45) is 0 Å². The van der Waals surface area contributed by atoms with E-state index in [4.69, 9.17) is 9.84 Å². The van der Waals surface area contributed by atoms with Gasteiger partial charge in [0.2, 0.25) is 5.88 Å². The summed E-state index contributed by atoms with van der Waals surface area (Å²) in [6.45, 7) is 4.28. The molecule has 0 bridgehead atoms. The number of aromatic amines is 1. The average Bonchev–Trinajstić information content (AvgIpc) is 2.48. The number of rotatable bonds is 4. The van der Waals surface area contributed by atoms with E-state index in [1.165, 1.54) is 0 Å². The predicted molar refractivity (Wildman–Crippen MR) is 50.0 cm³/mol. The van der Waals surface area contributed by atoms with Crippen molar-refractivity contribution in [3.05, 3.63) is 11.3 Å². The van der Waals surface area contributed by atoms with Gasteiger partial charge in [-0.1, -0.05) is 13.8 Å². The first-order chi connectivity index (χ1) is 6.20. The van der Waals surface area contributed by atoms with E-state index in [2.05, 4.69) is 24.0 Å². The number of H-pyrrole nitrogens is 1. The summed E-state index contributed by atoms with van der Waals surface area (Å²) in [5.41, 5.74) is 2.03. The predicted octanol–water partition coefficient (Wildman–Crippen LogP) is 1.08. The number of ether oxygens (including phenoxy) is 1. The second kappa shape index (κ2) is 4.28. The maximum atomic E-state index is 8.87. The normalized spacial score (nSPS) is 10.8. The lowest BCUT2D eigenvalue weighted by atomic mass is 10.0. The summed E-state index contributed by atoms with van der Waals surface area (Å²) in [5, 5.41) is 15.8. The minimum Gasteiger partial charge on any atom is -0.480 e. The number of methoxy groups -OCH3 is 1. The SMILES string of the molecule is COc1n[nH]c(C(C)C)c1CCO. The Morgan fingerprint density at radius 2 is 2.23 bits per heavy atom. The van der Waals surface area contributed by atoms with Crippen molar-refractivity contribution in [3.8, 4) is 5.88 Å². The molecule has 0 radical (unpaired) electrons. The van der Waals surface area contributed by atoms with Crippen LogP contribution in [0.4, 0.5) is 0 Å². The van der Waals surface area contributed by atoms with Gasteiger partial charge in [0.25, 0.3) is 0 Å². The Morgan fingerprint density at radius 3 is 2.69 bits per heavy atom. The summed E-state index contributed by atoms with van der Waals surface area (Å²) in [5.74, 6) is 0.968. The fourth-order valence-electron chi connectivity index (χ4n) is 1.36. The van der Waals surface area contributed by atoms with Crippen LogP contribution in [0.1, 0.15) is 31.0 Å². The topological polar surface area (TPSA) is 58.1 Å². The second-order valence-corrected chi connectivity index (χ2v) is 3.25. The van der Waals surface area contributed by atoms with E-state index in [-0.39, 0.29) is 6.61 Å². The highest BCUT2D eigenvalue weighted by molar-refractivity contribution is 5.32. The number of aliphatic hydroxyl groups excluding tert-OH is 1. The standard InChI is InChI=1S/C9H16N2O2/c1-6(2)8-7(4-5-12)9(13-3)11-10-8/h6,12H,4-5H2,1-3H3,(H,10,11). The Labute approximate surface area is 77.9 Å². The minimum atomic E-state index is 0.121. The van der Waals surface area contributed by atoms with E-state index in [0.29, 0.717) is 18.2 Å². The molecule has 0 fully saturated rings. The molecule has 0 unspecified atom stereocenters. The van der Waals surface area contributed by atoms with Gasteiger partial charge in [-0.2, -0.15) is 0 Å². The van der Waals surface area contributed by atoms with E-state index in [9.17, 15) is 0 Å². The minimum absolute atomic E-state index is 0.121. The lowest BCUT2D eigenvalue weighted by molar-refractivity contribution is 0.296. The fraction of sp³-hybridized carbons (Fsp3) is 0.667. The van der Waals surface area contributed by atoms with Crippen LogP contribution in [0.2, 0.25) is 0 Å². The Kier molecular flexibility index (Phi) is 3.31. The van der Waals surface area contributed by atoms with Crippen LogP contribution in [-0.2, 0) is 6.42 Å². The molecule has 1 heterocycles. The molecule has 74 valence electrons. The molecule has 1 rings (SSSR count). The highest BCUT2D eigenvalue weighted by atomic mass is 16.5. The number of nitrogens with zero attached hydrogens (tertiary/aromatic N) is 1. The molecule has 0 amide bonds. The van der Waals surface area contributed by atoms with Crippen LogP contribution in [0.3, 0.4) is 0 Å². The molecular formula is C9H16N2O2. The largest absolute Gasteiger partial charge is 0.480 e. The summed E-state index contributed by atoms with van der Waals surface area (Å²) in [6.07, 6.45) is 0.590. The zero-order valence-electron chi connectivity index (χ0n) is 8.29. The van der Waals surface area contributed by atoms with Crippen molar-refractivity contribution in [3.63, 3.8) is 0 Å². The molecule has 0 atom stereocenters. The van der Waals surface area contributed by atoms with Crippen molar-refractivity contribution in [1.82, 2.24) is 10.2 Å². The van der Waals surface area contributed by atoms with Crippen LogP contribution in [0.15, 0.2) is 0 Å². The zero-order chi connectivity index (χ0) is 9.84. The van der Waals surface area contributed by atoms with Crippen LogP contribution >= 0.6 is 0 Å². The van der Waals surface area contributed by atoms with Crippen LogP contribution in [0, 0.1) is 0 Å². The van der Waals surface area contributed by atoms with Gasteiger partial charge in [-0.3, -0.25) is 5.10 Å². The lowest BCUT2D eigenvalue weighted by Crippen LogP contribution is -1.99. The molecule has 0 saturated heterocycles. The van der Waals surface area contributed by atoms with Gasteiger partial charge in [0.15, 0.2) is 0 Å². The van der Waals surface area contributed by atoms with Gasteiger partial charge in [-0.05, 0) is 5.92 Å². The quantitative estimate of drug-likeness (QED) is 0.736. The van der Waals surface area contributed by atoms with Crippen molar-refractivity contribution >= 4 is 0 Å². The maximum absolute atomic E-state index is 8.87. The van der Waals surface area contributed by atoms with E-state index < -0.39 is 0 Å². The summed E-state index contributed by atoms with van der Waals surface area (Å²) in [7, 11) is 1.58. The van der Waals surface area contributed by atoms with E-state index in [0.717, 1.165) is 11.3 Å².